The van der Waals surface area contributed by atoms with E-state index in [0.717, 1.165) is 12.2 Å². The minimum Gasteiger partial charge on any atom is -0.487 e. The van der Waals surface area contributed by atoms with Crippen LogP contribution in [0.4, 0.5) is 0 Å². The molecular weight excluding hydrogens is 186 g/mol. The van der Waals surface area contributed by atoms with E-state index >= 15 is 0 Å². The lowest BCUT2D eigenvalue weighted by molar-refractivity contribution is 0.138. The molecule has 2 heteroatoms. The summed E-state index contributed by atoms with van der Waals surface area (Å²) in [5.74, 6) is 1.02. The summed E-state index contributed by atoms with van der Waals surface area (Å²) in [5.41, 5.74) is 7.85. The molecule has 0 saturated heterocycles. The lowest BCUT2D eigenvalue weighted by atomic mass is 10.0. The monoisotopic (exact) mass is 203 g/mol. The Balaban J connectivity index is 2.26. The second-order valence-corrected chi connectivity index (χ2v) is 4.54. The van der Waals surface area contributed by atoms with Gasteiger partial charge in [0.15, 0.2) is 0 Å². The van der Waals surface area contributed by atoms with Crippen LogP contribution in [0.1, 0.15) is 25.0 Å². The third-order valence-electron chi connectivity index (χ3n) is 2.53. The van der Waals surface area contributed by atoms with Crippen LogP contribution >= 0.6 is 0 Å². The van der Waals surface area contributed by atoms with E-state index in [2.05, 4.69) is 26.0 Å². The van der Waals surface area contributed by atoms with Crippen LogP contribution < -0.4 is 10.5 Å². The average molecular weight is 203 g/mol. The fraction of sp³-hybridized carbons (Fsp3) is 0.385. The Hall–Kier alpha value is -1.28. The number of benzene rings is 1. The normalized spacial score (nSPS) is 17.8. The van der Waals surface area contributed by atoms with Crippen molar-refractivity contribution in [2.24, 2.45) is 5.73 Å². The molecule has 1 aromatic carbocycles. The summed E-state index contributed by atoms with van der Waals surface area (Å²) < 4.78 is 5.80. The molecule has 1 aliphatic rings. The first kappa shape index (κ1) is 10.2. The second-order valence-electron chi connectivity index (χ2n) is 4.54. The van der Waals surface area contributed by atoms with E-state index in [9.17, 15) is 0 Å². The first-order valence-corrected chi connectivity index (χ1v) is 5.29. The summed E-state index contributed by atoms with van der Waals surface area (Å²) in [6.07, 6.45) is 4.99. The first-order chi connectivity index (χ1) is 7.11. The van der Waals surface area contributed by atoms with E-state index in [1.807, 2.05) is 18.2 Å². The van der Waals surface area contributed by atoms with Crippen LogP contribution in [-0.2, 0) is 6.42 Å². The smallest absolute Gasteiger partial charge is 0.123 e. The highest BCUT2D eigenvalue weighted by Crippen LogP contribution is 2.35. The van der Waals surface area contributed by atoms with Gasteiger partial charge >= 0.3 is 0 Å². The molecule has 0 saturated carbocycles. The van der Waals surface area contributed by atoms with Gasteiger partial charge in [-0.05, 0) is 37.1 Å². The SMILES string of the molecule is CC1(C)Cc2cc(/C=C/CN)ccc2O1. The third-order valence-corrected chi connectivity index (χ3v) is 2.53. The van der Waals surface area contributed by atoms with E-state index in [-0.39, 0.29) is 5.60 Å². The Morgan fingerprint density at radius 3 is 3.00 bits per heavy atom. The highest BCUT2D eigenvalue weighted by molar-refractivity contribution is 5.54. The Morgan fingerprint density at radius 1 is 1.47 bits per heavy atom. The molecule has 0 unspecified atom stereocenters. The zero-order valence-corrected chi connectivity index (χ0v) is 9.29. The molecule has 15 heavy (non-hydrogen) atoms. The van der Waals surface area contributed by atoms with Crippen LogP contribution in [0.2, 0.25) is 0 Å². The van der Waals surface area contributed by atoms with Gasteiger partial charge in [0.1, 0.15) is 11.4 Å². The Morgan fingerprint density at radius 2 is 2.27 bits per heavy atom. The van der Waals surface area contributed by atoms with Crippen LogP contribution in [0.5, 0.6) is 5.75 Å². The van der Waals surface area contributed by atoms with Crippen LogP contribution in [-0.4, -0.2) is 12.1 Å². The van der Waals surface area contributed by atoms with Gasteiger partial charge in [-0.2, -0.15) is 0 Å². The van der Waals surface area contributed by atoms with Gasteiger partial charge in [-0.3, -0.25) is 0 Å². The lowest BCUT2D eigenvalue weighted by Gasteiger charge is -2.16. The van der Waals surface area contributed by atoms with Crippen molar-refractivity contribution in [2.75, 3.05) is 6.54 Å². The van der Waals surface area contributed by atoms with E-state index in [4.69, 9.17) is 10.5 Å². The molecule has 80 valence electrons. The maximum absolute atomic E-state index is 5.80. The number of ether oxygens (including phenoxy) is 1. The highest BCUT2D eigenvalue weighted by atomic mass is 16.5. The summed E-state index contributed by atoms with van der Waals surface area (Å²) in [5, 5.41) is 0. The molecule has 0 aliphatic carbocycles. The predicted molar refractivity (Wildman–Crippen MR) is 62.9 cm³/mol. The first-order valence-electron chi connectivity index (χ1n) is 5.29. The maximum Gasteiger partial charge on any atom is 0.123 e. The molecule has 2 rings (SSSR count). The Kier molecular flexibility index (Phi) is 2.53. The minimum absolute atomic E-state index is 0.0570. The molecule has 0 spiro atoms. The zero-order chi connectivity index (χ0) is 10.9. The number of nitrogens with two attached hydrogens (primary N) is 1. The molecule has 0 fully saturated rings. The molecular formula is C13H17NO. The van der Waals surface area contributed by atoms with Gasteiger partial charge in [-0.1, -0.05) is 18.2 Å². The lowest BCUT2D eigenvalue weighted by Crippen LogP contribution is -2.24. The molecule has 2 N–H and O–H groups in total. The van der Waals surface area contributed by atoms with Gasteiger partial charge in [-0.15, -0.1) is 0 Å². The second kappa shape index (κ2) is 3.70. The van der Waals surface area contributed by atoms with Gasteiger partial charge < -0.3 is 10.5 Å². The summed E-state index contributed by atoms with van der Waals surface area (Å²) in [7, 11) is 0. The topological polar surface area (TPSA) is 35.2 Å². The minimum atomic E-state index is -0.0570. The quantitative estimate of drug-likeness (QED) is 0.801. The van der Waals surface area contributed by atoms with Gasteiger partial charge in [0, 0.05) is 13.0 Å². The van der Waals surface area contributed by atoms with E-state index in [1.54, 1.807) is 0 Å². The molecule has 1 heterocycles. The van der Waals surface area contributed by atoms with Gasteiger partial charge in [0.2, 0.25) is 0 Å². The summed E-state index contributed by atoms with van der Waals surface area (Å²) in [4.78, 5) is 0. The van der Waals surface area contributed by atoms with Crippen molar-refractivity contribution in [2.45, 2.75) is 25.9 Å². The van der Waals surface area contributed by atoms with Crippen molar-refractivity contribution in [3.63, 3.8) is 0 Å². The van der Waals surface area contributed by atoms with Crippen molar-refractivity contribution < 1.29 is 4.74 Å². The van der Waals surface area contributed by atoms with Crippen LogP contribution in [0.3, 0.4) is 0 Å². The molecule has 1 aliphatic heterocycles. The molecule has 1 aromatic rings. The maximum atomic E-state index is 5.80. The molecule has 2 nitrogen and oxygen atoms in total. The molecule has 0 atom stereocenters. The van der Waals surface area contributed by atoms with Gasteiger partial charge in [0.05, 0.1) is 0 Å². The average Bonchev–Trinajstić information content (AvgIpc) is 2.47. The van der Waals surface area contributed by atoms with Crippen molar-refractivity contribution in [3.8, 4) is 5.75 Å². The highest BCUT2D eigenvalue weighted by Gasteiger charge is 2.29. The fourth-order valence-corrected chi connectivity index (χ4v) is 1.94. The Bertz CT molecular complexity index is 394. The van der Waals surface area contributed by atoms with Crippen LogP contribution in [0.15, 0.2) is 24.3 Å². The van der Waals surface area contributed by atoms with Crippen LogP contribution in [0, 0.1) is 0 Å². The van der Waals surface area contributed by atoms with Crippen LogP contribution in [0.25, 0.3) is 6.08 Å². The zero-order valence-electron chi connectivity index (χ0n) is 9.29. The summed E-state index contributed by atoms with van der Waals surface area (Å²) in [6.45, 7) is 4.81. The third kappa shape index (κ3) is 2.21. The number of hydrogen-bond acceptors (Lipinski definition) is 2. The van der Waals surface area contributed by atoms with E-state index in [1.165, 1.54) is 11.1 Å². The van der Waals surface area contributed by atoms with Crippen molar-refractivity contribution >= 4 is 6.08 Å². The molecule has 0 radical (unpaired) electrons. The number of fused-ring (bicyclic) bond motifs is 1. The van der Waals surface area contributed by atoms with Crippen molar-refractivity contribution in [3.05, 3.63) is 35.4 Å². The summed E-state index contributed by atoms with van der Waals surface area (Å²) in [6, 6.07) is 6.28. The van der Waals surface area contributed by atoms with Gasteiger partial charge in [-0.25, -0.2) is 0 Å². The number of hydrogen-bond donors (Lipinski definition) is 1. The standard InChI is InChI=1S/C13H17NO/c1-13(2)9-11-8-10(4-3-7-14)5-6-12(11)15-13/h3-6,8H,7,9,14H2,1-2H3/b4-3+. The predicted octanol–water partition coefficient (Wildman–Crippen LogP) is 2.37. The molecule has 0 amide bonds. The Labute approximate surface area is 90.7 Å². The van der Waals surface area contributed by atoms with Crippen molar-refractivity contribution in [1.29, 1.82) is 0 Å². The summed E-state index contributed by atoms with van der Waals surface area (Å²) >= 11 is 0. The largest absolute Gasteiger partial charge is 0.487 e. The van der Waals surface area contributed by atoms with Gasteiger partial charge in [0.25, 0.3) is 0 Å². The van der Waals surface area contributed by atoms with E-state index in [0.29, 0.717) is 6.54 Å². The molecule has 0 bridgehead atoms. The van der Waals surface area contributed by atoms with Crippen molar-refractivity contribution in [1.82, 2.24) is 0 Å². The molecule has 0 aromatic heterocycles. The van der Waals surface area contributed by atoms with E-state index < -0.39 is 0 Å². The fourth-order valence-electron chi connectivity index (χ4n) is 1.94. The number of rotatable bonds is 2.